The van der Waals surface area contributed by atoms with Crippen LogP contribution in [0.2, 0.25) is 0 Å². The van der Waals surface area contributed by atoms with Crippen LogP contribution < -0.4 is 0 Å². The Kier molecular flexibility index (Phi) is 3.75. The summed E-state index contributed by atoms with van der Waals surface area (Å²) in [7, 11) is -2.99. The van der Waals surface area contributed by atoms with Gasteiger partial charge in [-0.2, -0.15) is 0 Å². The van der Waals surface area contributed by atoms with Crippen LogP contribution in [0.3, 0.4) is 0 Å². The van der Waals surface area contributed by atoms with Gasteiger partial charge in [0.25, 0.3) is 5.91 Å². The zero-order valence-corrected chi connectivity index (χ0v) is 11.1. The summed E-state index contributed by atoms with van der Waals surface area (Å²) in [5, 5.41) is 0. The number of amides is 1. The molecule has 1 atom stereocenters. The highest BCUT2D eigenvalue weighted by atomic mass is 32.2. The normalized spacial score (nSPS) is 21.9. The van der Waals surface area contributed by atoms with Gasteiger partial charge in [0.2, 0.25) is 0 Å². The molecule has 2 rings (SSSR count). The van der Waals surface area contributed by atoms with E-state index in [1.807, 2.05) is 6.92 Å². The molecule has 5 nitrogen and oxygen atoms in total. The average Bonchev–Trinajstić information content (AvgIpc) is 2.94. The average molecular weight is 271 g/mol. The maximum absolute atomic E-state index is 12.2. The summed E-state index contributed by atoms with van der Waals surface area (Å²) in [5.74, 6) is 0.291. The third-order valence-corrected chi connectivity index (χ3v) is 4.86. The van der Waals surface area contributed by atoms with Crippen LogP contribution in [-0.2, 0) is 9.84 Å². The zero-order valence-electron chi connectivity index (χ0n) is 10.3. The highest BCUT2D eigenvalue weighted by Gasteiger charge is 2.35. The molecule has 1 aliphatic rings. The maximum Gasteiger partial charge on any atom is 0.289 e. The molecule has 1 saturated heterocycles. The van der Waals surface area contributed by atoms with Crippen molar-refractivity contribution in [2.24, 2.45) is 0 Å². The Morgan fingerprint density at radius 3 is 2.83 bits per heavy atom. The van der Waals surface area contributed by atoms with E-state index in [2.05, 4.69) is 0 Å². The van der Waals surface area contributed by atoms with Gasteiger partial charge < -0.3 is 9.32 Å². The largest absolute Gasteiger partial charge is 0.459 e. The summed E-state index contributed by atoms with van der Waals surface area (Å²) in [5.41, 5.74) is 0. The standard InChI is InChI=1S/C12H17NO4S/c1-2-6-13(10-5-8-18(15,16)9-10)12(14)11-4-3-7-17-11/h3-4,7,10H,2,5-6,8-9H2,1H3/t10-/m0/s1. The number of nitrogens with zero attached hydrogens (tertiary/aromatic N) is 1. The summed E-state index contributed by atoms with van der Waals surface area (Å²) >= 11 is 0. The van der Waals surface area contributed by atoms with Crippen LogP contribution in [0.4, 0.5) is 0 Å². The molecule has 0 spiro atoms. The molecule has 0 aromatic carbocycles. The molecule has 0 saturated carbocycles. The van der Waals surface area contributed by atoms with E-state index in [-0.39, 0.29) is 29.2 Å². The molecule has 0 aliphatic carbocycles. The van der Waals surface area contributed by atoms with E-state index in [4.69, 9.17) is 4.42 Å². The van der Waals surface area contributed by atoms with Crippen molar-refractivity contribution in [1.29, 1.82) is 0 Å². The topological polar surface area (TPSA) is 67.6 Å². The summed E-state index contributed by atoms with van der Waals surface area (Å²) in [4.78, 5) is 13.9. The first kappa shape index (κ1) is 13.1. The first-order valence-corrected chi connectivity index (χ1v) is 7.90. The van der Waals surface area contributed by atoms with Crippen LogP contribution in [0, 0.1) is 0 Å². The fourth-order valence-corrected chi connectivity index (χ4v) is 3.98. The van der Waals surface area contributed by atoms with E-state index in [0.29, 0.717) is 13.0 Å². The maximum atomic E-state index is 12.2. The van der Waals surface area contributed by atoms with Crippen molar-refractivity contribution in [2.75, 3.05) is 18.1 Å². The van der Waals surface area contributed by atoms with Crippen LogP contribution in [-0.4, -0.2) is 43.3 Å². The van der Waals surface area contributed by atoms with Crippen molar-refractivity contribution in [1.82, 2.24) is 4.90 Å². The van der Waals surface area contributed by atoms with Crippen molar-refractivity contribution in [3.05, 3.63) is 24.2 Å². The second-order valence-electron chi connectivity index (χ2n) is 4.53. The quantitative estimate of drug-likeness (QED) is 0.828. The molecule has 0 N–H and O–H groups in total. The Labute approximate surface area is 107 Å². The molecule has 1 aliphatic heterocycles. The van der Waals surface area contributed by atoms with E-state index in [1.54, 1.807) is 17.0 Å². The highest BCUT2D eigenvalue weighted by molar-refractivity contribution is 7.91. The molecular weight excluding hydrogens is 254 g/mol. The van der Waals surface area contributed by atoms with Gasteiger partial charge in [0.15, 0.2) is 15.6 Å². The summed E-state index contributed by atoms with van der Waals surface area (Å²) in [6.45, 7) is 2.52. The summed E-state index contributed by atoms with van der Waals surface area (Å²) in [6, 6.07) is 3.05. The van der Waals surface area contributed by atoms with Gasteiger partial charge in [-0.15, -0.1) is 0 Å². The molecule has 1 amide bonds. The van der Waals surface area contributed by atoms with E-state index in [9.17, 15) is 13.2 Å². The van der Waals surface area contributed by atoms with E-state index >= 15 is 0 Å². The number of carbonyl (C=O) groups is 1. The lowest BCUT2D eigenvalue weighted by molar-refractivity contribution is 0.0664. The minimum absolute atomic E-state index is 0.0689. The number of carbonyl (C=O) groups excluding carboxylic acids is 1. The van der Waals surface area contributed by atoms with E-state index < -0.39 is 9.84 Å². The third-order valence-electron chi connectivity index (χ3n) is 3.11. The fourth-order valence-electron chi connectivity index (χ4n) is 2.25. The number of hydrogen-bond donors (Lipinski definition) is 0. The van der Waals surface area contributed by atoms with Gasteiger partial charge in [-0.05, 0) is 25.0 Å². The number of rotatable bonds is 4. The predicted molar refractivity (Wildman–Crippen MR) is 67.1 cm³/mol. The molecule has 6 heteroatoms. The SMILES string of the molecule is CCCN(C(=O)c1ccco1)[C@H]1CCS(=O)(=O)C1. The van der Waals surface area contributed by atoms with Gasteiger partial charge >= 0.3 is 0 Å². The molecular formula is C12H17NO4S. The lowest BCUT2D eigenvalue weighted by Crippen LogP contribution is -2.41. The summed E-state index contributed by atoms with van der Waals surface area (Å²) < 4.78 is 28.1. The minimum atomic E-state index is -2.99. The van der Waals surface area contributed by atoms with Gasteiger partial charge in [0.1, 0.15) is 0 Å². The Balaban J connectivity index is 2.16. The molecule has 18 heavy (non-hydrogen) atoms. The highest BCUT2D eigenvalue weighted by Crippen LogP contribution is 2.20. The number of hydrogen-bond acceptors (Lipinski definition) is 4. The van der Waals surface area contributed by atoms with Gasteiger partial charge in [0.05, 0.1) is 17.8 Å². The van der Waals surface area contributed by atoms with Gasteiger partial charge in [-0.3, -0.25) is 4.79 Å². The Morgan fingerprint density at radius 1 is 1.56 bits per heavy atom. The van der Waals surface area contributed by atoms with E-state index in [1.165, 1.54) is 6.26 Å². The van der Waals surface area contributed by atoms with Crippen LogP contribution in [0.25, 0.3) is 0 Å². The molecule has 0 radical (unpaired) electrons. The van der Waals surface area contributed by atoms with Crippen LogP contribution in [0.15, 0.2) is 22.8 Å². The zero-order chi connectivity index (χ0) is 13.2. The molecule has 0 unspecified atom stereocenters. The molecule has 1 aromatic rings. The number of sulfone groups is 1. The lowest BCUT2D eigenvalue weighted by atomic mass is 10.2. The molecule has 2 heterocycles. The minimum Gasteiger partial charge on any atom is -0.459 e. The first-order valence-electron chi connectivity index (χ1n) is 6.08. The van der Waals surface area contributed by atoms with Crippen LogP contribution in [0.5, 0.6) is 0 Å². The Morgan fingerprint density at radius 2 is 2.33 bits per heavy atom. The number of furan rings is 1. The second-order valence-corrected chi connectivity index (χ2v) is 6.76. The van der Waals surface area contributed by atoms with Crippen molar-refractivity contribution < 1.29 is 17.6 Å². The van der Waals surface area contributed by atoms with Gasteiger partial charge in [-0.25, -0.2) is 8.42 Å². The van der Waals surface area contributed by atoms with Gasteiger partial charge in [0, 0.05) is 12.6 Å². The summed E-state index contributed by atoms with van der Waals surface area (Å²) in [6.07, 6.45) is 2.76. The van der Waals surface area contributed by atoms with Gasteiger partial charge in [-0.1, -0.05) is 6.92 Å². The Hall–Kier alpha value is -1.30. The van der Waals surface area contributed by atoms with Crippen molar-refractivity contribution in [3.63, 3.8) is 0 Å². The fraction of sp³-hybridized carbons (Fsp3) is 0.583. The molecule has 1 fully saturated rings. The molecule has 0 bridgehead atoms. The Bertz CT molecular complexity index is 506. The third kappa shape index (κ3) is 2.75. The van der Waals surface area contributed by atoms with Crippen molar-refractivity contribution in [2.45, 2.75) is 25.8 Å². The molecule has 1 aromatic heterocycles. The first-order chi connectivity index (χ1) is 8.53. The molecule has 100 valence electrons. The lowest BCUT2D eigenvalue weighted by Gasteiger charge is -2.26. The predicted octanol–water partition coefficient (Wildman–Crippen LogP) is 1.32. The van der Waals surface area contributed by atoms with Crippen LogP contribution in [0.1, 0.15) is 30.3 Å². The smallest absolute Gasteiger partial charge is 0.289 e. The van der Waals surface area contributed by atoms with Crippen molar-refractivity contribution in [3.8, 4) is 0 Å². The van der Waals surface area contributed by atoms with E-state index in [0.717, 1.165) is 6.42 Å². The van der Waals surface area contributed by atoms with Crippen LogP contribution >= 0.6 is 0 Å². The second kappa shape index (κ2) is 5.14. The van der Waals surface area contributed by atoms with Crippen molar-refractivity contribution >= 4 is 15.7 Å². The monoisotopic (exact) mass is 271 g/mol.